The lowest BCUT2D eigenvalue weighted by Gasteiger charge is -2.19. The van der Waals surface area contributed by atoms with Gasteiger partial charge in [-0.2, -0.15) is 4.90 Å². The number of H-pyrrole nitrogens is 1. The van der Waals surface area contributed by atoms with E-state index in [1.165, 1.54) is 20.3 Å². The van der Waals surface area contributed by atoms with Crippen LogP contribution in [-0.2, 0) is 0 Å². The van der Waals surface area contributed by atoms with E-state index in [1.807, 2.05) is 14.1 Å². The highest BCUT2D eigenvalue weighted by Gasteiger charge is 2.23. The van der Waals surface area contributed by atoms with Gasteiger partial charge in [-0.15, -0.1) is 0 Å². The predicted molar refractivity (Wildman–Crippen MR) is 94.2 cm³/mol. The molecule has 0 bridgehead atoms. The lowest BCUT2D eigenvalue weighted by molar-refractivity contribution is 0.389. The molecule has 0 saturated heterocycles. The first-order valence-corrected chi connectivity index (χ1v) is 7.62. The van der Waals surface area contributed by atoms with Gasteiger partial charge in [-0.1, -0.05) is 0 Å². The molecule has 0 unspecified atom stereocenters. The zero-order valence-electron chi connectivity index (χ0n) is 14.4. The predicted octanol–water partition coefficient (Wildman–Crippen LogP) is 1.27. The lowest BCUT2D eigenvalue weighted by Crippen LogP contribution is -2.26. The third kappa shape index (κ3) is 3.65. The van der Waals surface area contributed by atoms with Crippen LogP contribution in [-0.4, -0.2) is 51.3 Å². The third-order valence-corrected chi connectivity index (χ3v) is 3.70. The smallest absolute Gasteiger partial charge is 0.276 e. The van der Waals surface area contributed by atoms with Crippen LogP contribution in [0.2, 0.25) is 0 Å². The number of aromatic nitrogens is 1. The third-order valence-electron chi connectivity index (χ3n) is 3.70. The first-order valence-electron chi connectivity index (χ1n) is 7.62. The fraction of sp³-hybridized carbons (Fsp3) is 0.438. The number of fused-ring (bicyclic) bond motifs is 1. The highest BCUT2D eigenvalue weighted by molar-refractivity contribution is 5.81. The Labute approximate surface area is 140 Å². The van der Waals surface area contributed by atoms with Gasteiger partial charge in [0.2, 0.25) is 0 Å². The molecule has 1 aliphatic heterocycles. The van der Waals surface area contributed by atoms with E-state index in [9.17, 15) is 10.4 Å². The summed E-state index contributed by atoms with van der Waals surface area (Å²) in [7, 11) is 6.94. The van der Waals surface area contributed by atoms with Crippen molar-refractivity contribution in [1.29, 1.82) is 0 Å². The first kappa shape index (κ1) is 17.7. The fourth-order valence-corrected chi connectivity index (χ4v) is 2.59. The SMILES string of the molecule is COc1cc(OC)c(=[N+]([O-])[O-])c2c(NCCCN(C)C)cc[nH]c1-2. The lowest BCUT2D eigenvalue weighted by atomic mass is 10.0. The molecule has 0 radical (unpaired) electrons. The summed E-state index contributed by atoms with van der Waals surface area (Å²) < 4.78 is 10.5. The van der Waals surface area contributed by atoms with E-state index in [4.69, 9.17) is 9.47 Å². The number of aromatic amines is 1. The second kappa shape index (κ2) is 7.78. The Morgan fingerprint density at radius 1 is 1.21 bits per heavy atom. The Kier molecular flexibility index (Phi) is 5.75. The summed E-state index contributed by atoms with van der Waals surface area (Å²) in [6, 6.07) is 3.30. The molecule has 1 aliphatic carbocycles. The van der Waals surface area contributed by atoms with Crippen molar-refractivity contribution in [2.24, 2.45) is 0 Å². The number of benzene rings is 1. The molecule has 24 heavy (non-hydrogen) atoms. The van der Waals surface area contributed by atoms with Crippen molar-refractivity contribution in [2.75, 3.05) is 46.7 Å². The minimum atomic E-state index is -0.431. The molecule has 0 aromatic carbocycles. The van der Waals surface area contributed by atoms with Crippen LogP contribution in [0.25, 0.3) is 11.3 Å². The van der Waals surface area contributed by atoms with Crippen molar-refractivity contribution in [3.8, 4) is 22.8 Å². The number of methoxy groups -OCH3 is 2. The van der Waals surface area contributed by atoms with Crippen LogP contribution < -0.4 is 25.0 Å². The minimum Gasteiger partial charge on any atom is -0.612 e. The van der Waals surface area contributed by atoms with E-state index < -0.39 is 4.90 Å². The van der Waals surface area contributed by atoms with Gasteiger partial charge in [-0.3, -0.25) is 0 Å². The number of rotatable bonds is 7. The van der Waals surface area contributed by atoms with Gasteiger partial charge in [0.05, 0.1) is 25.6 Å². The Morgan fingerprint density at radius 2 is 1.92 bits per heavy atom. The summed E-state index contributed by atoms with van der Waals surface area (Å²) in [6.07, 6.45) is 2.65. The fourth-order valence-electron chi connectivity index (χ4n) is 2.59. The van der Waals surface area contributed by atoms with Crippen LogP contribution in [0.3, 0.4) is 0 Å². The average molecular weight is 335 g/mol. The molecule has 0 atom stereocenters. The number of ether oxygens (including phenoxy) is 2. The molecular weight excluding hydrogens is 312 g/mol. The number of anilines is 1. The summed E-state index contributed by atoms with van der Waals surface area (Å²) in [5.41, 5.74) is 1.68. The molecule has 2 rings (SSSR count). The summed E-state index contributed by atoms with van der Waals surface area (Å²) in [4.78, 5) is 4.69. The molecular formula is C16H23N4O4-. The van der Waals surface area contributed by atoms with Crippen LogP contribution in [0.4, 0.5) is 5.69 Å². The number of hydrogen-bond donors (Lipinski definition) is 2. The van der Waals surface area contributed by atoms with Gasteiger partial charge in [0, 0.05) is 18.8 Å². The maximum Gasteiger partial charge on any atom is 0.276 e. The van der Waals surface area contributed by atoms with E-state index >= 15 is 0 Å². The monoisotopic (exact) mass is 335 g/mol. The molecule has 1 heterocycles. The van der Waals surface area contributed by atoms with Crippen molar-refractivity contribution in [2.45, 2.75) is 6.42 Å². The summed E-state index contributed by atoms with van der Waals surface area (Å²) in [6.45, 7) is 1.63. The van der Waals surface area contributed by atoms with E-state index in [0.29, 0.717) is 29.2 Å². The summed E-state index contributed by atoms with van der Waals surface area (Å²) >= 11 is 0. The van der Waals surface area contributed by atoms with Crippen molar-refractivity contribution in [3.63, 3.8) is 0 Å². The van der Waals surface area contributed by atoms with Gasteiger partial charge in [0.25, 0.3) is 5.36 Å². The van der Waals surface area contributed by atoms with Crippen LogP contribution in [0, 0.1) is 10.4 Å². The molecule has 132 valence electrons. The normalized spacial score (nSPS) is 10.9. The molecule has 0 aromatic heterocycles. The van der Waals surface area contributed by atoms with Crippen LogP contribution >= 0.6 is 0 Å². The largest absolute Gasteiger partial charge is 0.612 e. The standard InChI is InChI=1S/C16H23N4O4/c1-19(2)9-5-7-17-11-6-8-18-15-12(23-3)10-13(24-4)16(14(11)15)20(21)22/h6,8,10,17-18H,5,7,9H2,1-4H3/q-1. The van der Waals surface area contributed by atoms with Gasteiger partial charge >= 0.3 is 0 Å². The highest BCUT2D eigenvalue weighted by atomic mass is 16.8. The van der Waals surface area contributed by atoms with Gasteiger partial charge < -0.3 is 35.1 Å². The minimum absolute atomic E-state index is 0.0831. The zero-order chi connectivity index (χ0) is 17.7. The molecule has 8 heteroatoms. The Hall–Kier alpha value is -2.61. The summed E-state index contributed by atoms with van der Waals surface area (Å²) in [5.74, 6) is 0.657. The molecule has 0 saturated carbocycles. The zero-order valence-corrected chi connectivity index (χ0v) is 14.4. The summed E-state index contributed by atoms with van der Waals surface area (Å²) in [5, 5.41) is 26.4. The second-order valence-electron chi connectivity index (χ2n) is 5.61. The van der Waals surface area contributed by atoms with Crippen LogP contribution in [0.5, 0.6) is 11.5 Å². The van der Waals surface area contributed by atoms with E-state index in [1.54, 1.807) is 12.3 Å². The molecule has 0 amide bonds. The van der Waals surface area contributed by atoms with Gasteiger partial charge in [-0.05, 0) is 33.1 Å². The molecule has 2 N–H and O–H groups in total. The van der Waals surface area contributed by atoms with E-state index in [0.717, 1.165) is 13.0 Å². The van der Waals surface area contributed by atoms with Crippen molar-refractivity contribution in [1.82, 2.24) is 14.8 Å². The van der Waals surface area contributed by atoms with E-state index in [-0.39, 0.29) is 11.1 Å². The number of pyridine rings is 1. The maximum absolute atomic E-state index is 11.6. The second-order valence-corrected chi connectivity index (χ2v) is 5.61. The average Bonchev–Trinajstić information content (AvgIpc) is 2.56. The number of nitrogens with one attached hydrogen (secondary N) is 2. The van der Waals surface area contributed by atoms with Crippen LogP contribution in [0.1, 0.15) is 6.42 Å². The van der Waals surface area contributed by atoms with Gasteiger partial charge in [0.1, 0.15) is 11.3 Å². The number of hydrogen-bond acceptors (Lipinski definition) is 6. The molecule has 8 nitrogen and oxygen atoms in total. The van der Waals surface area contributed by atoms with Crippen molar-refractivity contribution in [3.05, 3.63) is 34.1 Å². The quantitative estimate of drug-likeness (QED) is 0.584. The number of nitrogens with zero attached hydrogens (tertiary/aromatic N) is 2. The van der Waals surface area contributed by atoms with Gasteiger partial charge in [-0.25, -0.2) is 0 Å². The first-order chi connectivity index (χ1) is 11.5. The van der Waals surface area contributed by atoms with Crippen LogP contribution in [0.15, 0.2) is 18.3 Å². The molecule has 0 spiro atoms. The van der Waals surface area contributed by atoms with Crippen molar-refractivity contribution >= 4 is 5.69 Å². The van der Waals surface area contributed by atoms with Gasteiger partial charge in [0.15, 0.2) is 5.75 Å². The molecule has 2 aliphatic rings. The topological polar surface area (TPSA) is 98.7 Å². The van der Waals surface area contributed by atoms with E-state index in [2.05, 4.69) is 15.2 Å². The molecule has 0 fully saturated rings. The maximum atomic E-state index is 11.6. The molecule has 0 aromatic rings. The Bertz CT molecular complexity index is 723. The Morgan fingerprint density at radius 3 is 2.50 bits per heavy atom. The highest BCUT2D eigenvalue weighted by Crippen LogP contribution is 2.35. The van der Waals surface area contributed by atoms with Crippen molar-refractivity contribution < 1.29 is 9.47 Å². The Balaban J connectivity index is 2.54.